The maximum absolute atomic E-state index is 5.43. The van der Waals surface area contributed by atoms with Gasteiger partial charge in [-0.2, -0.15) is 0 Å². The lowest BCUT2D eigenvalue weighted by Crippen LogP contribution is -2.31. The van der Waals surface area contributed by atoms with Gasteiger partial charge in [-0.15, -0.1) is 0 Å². The van der Waals surface area contributed by atoms with Gasteiger partial charge in [0.25, 0.3) is 0 Å². The molecule has 3 rings (SSSR count). The van der Waals surface area contributed by atoms with Gasteiger partial charge in [0.15, 0.2) is 0 Å². The summed E-state index contributed by atoms with van der Waals surface area (Å²) in [6.45, 7) is 4.94. The zero-order valence-electron chi connectivity index (χ0n) is 10.2. The first-order valence-corrected chi connectivity index (χ1v) is 7.06. The van der Waals surface area contributed by atoms with E-state index in [-0.39, 0.29) is 0 Å². The highest BCUT2D eigenvalue weighted by atomic mass is 79.9. The van der Waals surface area contributed by atoms with Crippen LogP contribution >= 0.6 is 15.9 Å². The summed E-state index contributed by atoms with van der Waals surface area (Å²) in [5.41, 5.74) is 1.33. The van der Waals surface area contributed by atoms with Gasteiger partial charge in [-0.25, -0.2) is 4.98 Å². The van der Waals surface area contributed by atoms with E-state index in [4.69, 9.17) is 9.72 Å². The number of halogens is 1. The standard InChI is InChI=1S/C12H18BrN3O/c1-15-4-5-16-10(8-15)11(13)14-12(16)9-2-6-17-7-3-9/h9H,2-8H2,1H3. The van der Waals surface area contributed by atoms with E-state index in [1.54, 1.807) is 0 Å². The van der Waals surface area contributed by atoms with E-state index < -0.39 is 0 Å². The van der Waals surface area contributed by atoms with Crippen molar-refractivity contribution in [2.75, 3.05) is 26.8 Å². The maximum Gasteiger partial charge on any atom is 0.129 e. The minimum absolute atomic E-state index is 0.581. The van der Waals surface area contributed by atoms with E-state index in [0.29, 0.717) is 5.92 Å². The third kappa shape index (κ3) is 2.16. The van der Waals surface area contributed by atoms with Crippen LogP contribution in [0.25, 0.3) is 0 Å². The van der Waals surface area contributed by atoms with Crippen LogP contribution in [0.5, 0.6) is 0 Å². The number of nitrogens with zero attached hydrogens (tertiary/aromatic N) is 3. The monoisotopic (exact) mass is 299 g/mol. The molecule has 94 valence electrons. The van der Waals surface area contributed by atoms with E-state index in [2.05, 4.69) is 32.4 Å². The molecule has 4 nitrogen and oxygen atoms in total. The topological polar surface area (TPSA) is 30.3 Å². The van der Waals surface area contributed by atoms with Crippen LogP contribution in [-0.4, -0.2) is 41.3 Å². The van der Waals surface area contributed by atoms with E-state index in [0.717, 1.165) is 50.3 Å². The molecule has 0 saturated carbocycles. The van der Waals surface area contributed by atoms with Crippen LogP contribution in [0.15, 0.2) is 4.60 Å². The number of imidazole rings is 1. The molecule has 0 atom stereocenters. The van der Waals surface area contributed by atoms with Crippen molar-refractivity contribution in [1.82, 2.24) is 14.5 Å². The molecule has 1 aromatic heterocycles. The molecule has 1 fully saturated rings. The van der Waals surface area contributed by atoms with E-state index in [9.17, 15) is 0 Å². The Labute approximate surface area is 110 Å². The van der Waals surface area contributed by atoms with Gasteiger partial charge in [-0.05, 0) is 35.8 Å². The number of hydrogen-bond acceptors (Lipinski definition) is 3. The molecule has 1 aromatic rings. The smallest absolute Gasteiger partial charge is 0.129 e. The molecule has 0 bridgehead atoms. The minimum atomic E-state index is 0.581. The maximum atomic E-state index is 5.43. The van der Waals surface area contributed by atoms with Crippen molar-refractivity contribution in [3.05, 3.63) is 16.1 Å². The second kappa shape index (κ2) is 4.71. The molecule has 0 unspecified atom stereocenters. The third-order valence-electron chi connectivity index (χ3n) is 3.76. The Kier molecular flexibility index (Phi) is 3.23. The molecule has 2 aliphatic heterocycles. The van der Waals surface area contributed by atoms with Gasteiger partial charge >= 0.3 is 0 Å². The zero-order valence-corrected chi connectivity index (χ0v) is 11.7. The summed E-state index contributed by atoms with van der Waals surface area (Å²) in [6, 6.07) is 0. The summed E-state index contributed by atoms with van der Waals surface area (Å²) >= 11 is 3.61. The lowest BCUT2D eigenvalue weighted by molar-refractivity contribution is 0.0823. The van der Waals surface area contributed by atoms with Gasteiger partial charge in [0, 0.05) is 38.8 Å². The first-order chi connectivity index (χ1) is 8.25. The predicted molar refractivity (Wildman–Crippen MR) is 69.1 cm³/mol. The van der Waals surface area contributed by atoms with Crippen molar-refractivity contribution in [1.29, 1.82) is 0 Å². The minimum Gasteiger partial charge on any atom is -0.381 e. The number of fused-ring (bicyclic) bond motifs is 1. The van der Waals surface area contributed by atoms with Gasteiger partial charge in [0.2, 0.25) is 0 Å². The Morgan fingerprint density at radius 3 is 2.82 bits per heavy atom. The highest BCUT2D eigenvalue weighted by Crippen LogP contribution is 2.31. The van der Waals surface area contributed by atoms with Gasteiger partial charge < -0.3 is 9.30 Å². The van der Waals surface area contributed by atoms with Crippen LogP contribution in [0.4, 0.5) is 0 Å². The average molecular weight is 300 g/mol. The summed E-state index contributed by atoms with van der Waals surface area (Å²) in [5.74, 6) is 1.85. The summed E-state index contributed by atoms with van der Waals surface area (Å²) in [6.07, 6.45) is 2.22. The fraction of sp³-hybridized carbons (Fsp3) is 0.750. The molecule has 3 heterocycles. The Hall–Kier alpha value is -0.390. The fourth-order valence-corrected chi connectivity index (χ4v) is 3.27. The van der Waals surface area contributed by atoms with Gasteiger partial charge in [0.05, 0.1) is 5.69 Å². The molecule has 0 radical (unpaired) electrons. The van der Waals surface area contributed by atoms with Gasteiger partial charge in [0.1, 0.15) is 10.4 Å². The highest BCUT2D eigenvalue weighted by Gasteiger charge is 2.27. The summed E-state index contributed by atoms with van der Waals surface area (Å²) < 4.78 is 8.88. The number of likely N-dealkylation sites (N-methyl/N-ethyl adjacent to an activating group) is 1. The van der Waals surface area contributed by atoms with Gasteiger partial charge in [-0.1, -0.05) is 0 Å². The lowest BCUT2D eigenvalue weighted by atomic mass is 9.99. The first kappa shape index (κ1) is 11.7. The van der Waals surface area contributed by atoms with Crippen LogP contribution < -0.4 is 0 Å². The molecule has 17 heavy (non-hydrogen) atoms. The lowest BCUT2D eigenvalue weighted by Gasteiger charge is -2.28. The highest BCUT2D eigenvalue weighted by molar-refractivity contribution is 9.10. The van der Waals surface area contributed by atoms with Crippen molar-refractivity contribution >= 4 is 15.9 Å². The van der Waals surface area contributed by atoms with Crippen LogP contribution in [0.3, 0.4) is 0 Å². The quantitative estimate of drug-likeness (QED) is 0.794. The SMILES string of the molecule is CN1CCn2c(C3CCOCC3)nc(Br)c2C1. The van der Waals surface area contributed by atoms with E-state index in [1.165, 1.54) is 11.5 Å². The van der Waals surface area contributed by atoms with Crippen molar-refractivity contribution in [3.63, 3.8) is 0 Å². The normalized spacial score (nSPS) is 22.7. The van der Waals surface area contributed by atoms with Crippen molar-refractivity contribution < 1.29 is 4.74 Å². The largest absolute Gasteiger partial charge is 0.381 e. The van der Waals surface area contributed by atoms with Crippen LogP contribution in [0.2, 0.25) is 0 Å². The second-order valence-corrected chi connectivity index (χ2v) is 5.73. The fourth-order valence-electron chi connectivity index (χ4n) is 2.75. The molecule has 0 aromatic carbocycles. The summed E-state index contributed by atoms with van der Waals surface area (Å²) in [7, 11) is 2.16. The Morgan fingerprint density at radius 2 is 2.06 bits per heavy atom. The van der Waals surface area contributed by atoms with Crippen molar-refractivity contribution in [3.8, 4) is 0 Å². The molecule has 2 aliphatic rings. The van der Waals surface area contributed by atoms with Gasteiger partial charge in [-0.3, -0.25) is 4.90 Å². The third-order valence-corrected chi connectivity index (χ3v) is 4.40. The molecule has 5 heteroatoms. The van der Waals surface area contributed by atoms with Crippen LogP contribution in [0, 0.1) is 0 Å². The predicted octanol–water partition coefficient (Wildman–Crippen LogP) is 1.98. The molecule has 0 aliphatic carbocycles. The van der Waals surface area contributed by atoms with Crippen LogP contribution in [-0.2, 0) is 17.8 Å². The van der Waals surface area contributed by atoms with Crippen molar-refractivity contribution in [2.45, 2.75) is 31.8 Å². The Morgan fingerprint density at radius 1 is 1.29 bits per heavy atom. The molecular formula is C12H18BrN3O. The second-order valence-electron chi connectivity index (χ2n) is 4.98. The summed E-state index contributed by atoms with van der Waals surface area (Å²) in [5, 5.41) is 0. The molecular weight excluding hydrogens is 282 g/mol. The van der Waals surface area contributed by atoms with E-state index >= 15 is 0 Å². The molecule has 0 amide bonds. The number of ether oxygens (including phenoxy) is 1. The Bertz CT molecular complexity index is 412. The van der Waals surface area contributed by atoms with Crippen LogP contribution in [0.1, 0.15) is 30.3 Å². The summed E-state index contributed by atoms with van der Waals surface area (Å²) in [4.78, 5) is 7.09. The number of rotatable bonds is 1. The number of hydrogen-bond donors (Lipinski definition) is 0. The first-order valence-electron chi connectivity index (χ1n) is 6.27. The molecule has 0 N–H and O–H groups in total. The van der Waals surface area contributed by atoms with Crippen molar-refractivity contribution in [2.24, 2.45) is 0 Å². The van der Waals surface area contributed by atoms with E-state index in [1.807, 2.05) is 0 Å². The average Bonchev–Trinajstić information content (AvgIpc) is 2.68. The number of aromatic nitrogens is 2. The molecule has 1 saturated heterocycles. The Balaban J connectivity index is 1.92. The molecule has 0 spiro atoms. The zero-order chi connectivity index (χ0) is 11.8.